The number of rotatable bonds is 9. The van der Waals surface area contributed by atoms with Gasteiger partial charge in [0.15, 0.2) is 0 Å². The molecule has 3 rings (SSSR count). The van der Waals surface area contributed by atoms with E-state index in [9.17, 15) is 0 Å². The molecule has 0 radical (unpaired) electrons. The Morgan fingerprint density at radius 3 is 2.19 bits per heavy atom. The summed E-state index contributed by atoms with van der Waals surface area (Å²) in [5, 5.41) is 0. The molecule has 2 aliphatic carbocycles. The highest BCUT2D eigenvalue weighted by molar-refractivity contribution is 5.26. The molecule has 0 atom stereocenters. The fourth-order valence-electron chi connectivity index (χ4n) is 5.61. The molecular formula is C31H46. The molecule has 1 aromatic carbocycles. The van der Waals surface area contributed by atoms with E-state index >= 15 is 0 Å². The molecule has 0 nitrogen and oxygen atoms in total. The van der Waals surface area contributed by atoms with Gasteiger partial charge in [0.25, 0.3) is 0 Å². The highest BCUT2D eigenvalue weighted by Crippen LogP contribution is 2.36. The molecule has 31 heavy (non-hydrogen) atoms. The van der Waals surface area contributed by atoms with Crippen molar-refractivity contribution >= 4 is 0 Å². The third-order valence-corrected chi connectivity index (χ3v) is 7.84. The molecule has 2 aliphatic rings. The zero-order valence-electron chi connectivity index (χ0n) is 20.4. The van der Waals surface area contributed by atoms with Gasteiger partial charge in [0, 0.05) is 5.92 Å². The summed E-state index contributed by atoms with van der Waals surface area (Å²) in [5.74, 6) is 10.1. The summed E-state index contributed by atoms with van der Waals surface area (Å²) in [6, 6.07) is 9.51. The van der Waals surface area contributed by atoms with Gasteiger partial charge in [0.1, 0.15) is 0 Å². The smallest absolute Gasteiger partial charge is 0.0206 e. The largest absolute Gasteiger partial charge is 0.0951 e. The third kappa shape index (κ3) is 8.52. The summed E-state index contributed by atoms with van der Waals surface area (Å²) in [4.78, 5) is 0. The van der Waals surface area contributed by atoms with E-state index in [0.717, 1.165) is 17.8 Å². The highest BCUT2D eigenvalue weighted by atomic mass is 14.3. The number of benzene rings is 1. The van der Waals surface area contributed by atoms with Crippen LogP contribution in [0.5, 0.6) is 0 Å². The van der Waals surface area contributed by atoms with Gasteiger partial charge in [-0.05, 0) is 99.2 Å². The number of hydrogen-bond donors (Lipinski definition) is 0. The number of allylic oxidation sites excluding steroid dienone is 2. The number of aryl methyl sites for hydroxylation is 1. The molecule has 0 N–H and O–H groups in total. The Bertz CT molecular complexity index is 682. The lowest BCUT2D eigenvalue weighted by Gasteiger charge is -2.26. The SMILES string of the molecule is CCCCCC1CCC(/C=C/C#CC2CCC(c3ccc(CCCC)cc3)CC2)CC1. The van der Waals surface area contributed by atoms with Crippen LogP contribution in [0.15, 0.2) is 36.4 Å². The van der Waals surface area contributed by atoms with Crippen LogP contribution in [0.25, 0.3) is 0 Å². The second-order valence-corrected chi connectivity index (χ2v) is 10.3. The molecule has 1 aromatic rings. The van der Waals surface area contributed by atoms with Crippen molar-refractivity contribution < 1.29 is 0 Å². The van der Waals surface area contributed by atoms with E-state index in [4.69, 9.17) is 0 Å². The average Bonchev–Trinajstić information content (AvgIpc) is 2.82. The molecule has 0 amide bonds. The Balaban J connectivity index is 1.34. The summed E-state index contributed by atoms with van der Waals surface area (Å²) in [5.41, 5.74) is 3.05. The fraction of sp³-hybridized carbons (Fsp3) is 0.677. The first kappa shape index (κ1) is 24.2. The van der Waals surface area contributed by atoms with Gasteiger partial charge in [0.05, 0.1) is 0 Å². The van der Waals surface area contributed by atoms with Crippen molar-refractivity contribution in [1.82, 2.24) is 0 Å². The molecule has 0 spiro atoms. The Hall–Kier alpha value is -1.48. The average molecular weight is 419 g/mol. The predicted molar refractivity (Wildman–Crippen MR) is 136 cm³/mol. The van der Waals surface area contributed by atoms with Crippen LogP contribution in [-0.4, -0.2) is 0 Å². The van der Waals surface area contributed by atoms with Crippen molar-refractivity contribution in [3.63, 3.8) is 0 Å². The number of hydrogen-bond acceptors (Lipinski definition) is 0. The molecule has 0 bridgehead atoms. The lowest BCUT2D eigenvalue weighted by atomic mass is 9.78. The molecule has 0 saturated heterocycles. The van der Waals surface area contributed by atoms with E-state index < -0.39 is 0 Å². The van der Waals surface area contributed by atoms with Crippen molar-refractivity contribution in [3.05, 3.63) is 47.5 Å². The zero-order chi connectivity index (χ0) is 21.7. The molecule has 0 aliphatic heterocycles. The minimum atomic E-state index is 0.610. The van der Waals surface area contributed by atoms with Gasteiger partial charge in [-0.1, -0.05) is 88.1 Å². The quantitative estimate of drug-likeness (QED) is 0.277. The molecule has 2 fully saturated rings. The second-order valence-electron chi connectivity index (χ2n) is 10.3. The maximum atomic E-state index is 3.57. The van der Waals surface area contributed by atoms with Gasteiger partial charge in [-0.2, -0.15) is 0 Å². The van der Waals surface area contributed by atoms with E-state index in [-0.39, 0.29) is 0 Å². The molecule has 0 unspecified atom stereocenters. The topological polar surface area (TPSA) is 0 Å². The van der Waals surface area contributed by atoms with Crippen LogP contribution in [0.1, 0.15) is 121 Å². The molecule has 0 heterocycles. The van der Waals surface area contributed by atoms with Crippen molar-refractivity contribution in [2.24, 2.45) is 17.8 Å². The maximum absolute atomic E-state index is 3.57. The van der Waals surface area contributed by atoms with Gasteiger partial charge in [-0.15, -0.1) is 0 Å². The van der Waals surface area contributed by atoms with Gasteiger partial charge >= 0.3 is 0 Å². The normalized spacial score (nSPS) is 26.5. The summed E-state index contributed by atoms with van der Waals surface area (Å²) in [6.45, 7) is 4.58. The summed E-state index contributed by atoms with van der Waals surface area (Å²) in [7, 11) is 0. The van der Waals surface area contributed by atoms with Crippen molar-refractivity contribution in [2.75, 3.05) is 0 Å². The van der Waals surface area contributed by atoms with Crippen LogP contribution in [-0.2, 0) is 6.42 Å². The second kappa shape index (κ2) is 13.8. The third-order valence-electron chi connectivity index (χ3n) is 7.84. The molecule has 2 saturated carbocycles. The van der Waals surface area contributed by atoms with Gasteiger partial charge in [-0.3, -0.25) is 0 Å². The Labute approximate surface area is 193 Å². The Kier molecular flexibility index (Phi) is 10.8. The Morgan fingerprint density at radius 2 is 1.52 bits per heavy atom. The van der Waals surface area contributed by atoms with Crippen LogP contribution in [0.3, 0.4) is 0 Å². The number of unbranched alkanes of at least 4 members (excludes halogenated alkanes) is 3. The van der Waals surface area contributed by atoms with Crippen LogP contribution >= 0.6 is 0 Å². The van der Waals surface area contributed by atoms with Crippen molar-refractivity contribution in [1.29, 1.82) is 0 Å². The van der Waals surface area contributed by atoms with E-state index in [0.29, 0.717) is 5.92 Å². The summed E-state index contributed by atoms with van der Waals surface area (Å²) < 4.78 is 0. The monoisotopic (exact) mass is 418 g/mol. The van der Waals surface area contributed by atoms with Crippen LogP contribution in [0.4, 0.5) is 0 Å². The minimum Gasteiger partial charge on any atom is -0.0951 e. The van der Waals surface area contributed by atoms with Gasteiger partial charge in [-0.25, -0.2) is 0 Å². The van der Waals surface area contributed by atoms with E-state index in [1.54, 1.807) is 5.56 Å². The molecular weight excluding hydrogens is 372 g/mol. The maximum Gasteiger partial charge on any atom is 0.0206 e. The standard InChI is InChI=1S/C31H46/c1-3-5-7-11-27-14-16-28(17-15-27)12-8-9-13-29-20-24-31(25-21-29)30-22-18-26(19-23-30)10-6-4-2/h8,12,18-19,22-23,27-29,31H,3-7,10-11,14-17,20-21,24-25H2,1-2H3/b12-8+. The minimum absolute atomic E-state index is 0.610. The van der Waals surface area contributed by atoms with Crippen molar-refractivity contribution in [2.45, 2.75) is 116 Å². The molecule has 0 aromatic heterocycles. The lowest BCUT2D eigenvalue weighted by Crippen LogP contribution is -2.13. The summed E-state index contributed by atoms with van der Waals surface area (Å²) in [6.07, 6.45) is 24.9. The van der Waals surface area contributed by atoms with E-state index in [1.165, 1.54) is 102 Å². The highest BCUT2D eigenvalue weighted by Gasteiger charge is 2.21. The summed E-state index contributed by atoms with van der Waals surface area (Å²) >= 11 is 0. The van der Waals surface area contributed by atoms with Crippen molar-refractivity contribution in [3.8, 4) is 11.8 Å². The van der Waals surface area contributed by atoms with Gasteiger partial charge < -0.3 is 0 Å². The van der Waals surface area contributed by atoms with E-state index in [1.807, 2.05) is 0 Å². The fourth-order valence-corrected chi connectivity index (χ4v) is 5.61. The first-order valence-electron chi connectivity index (χ1n) is 13.5. The molecule has 170 valence electrons. The molecule has 0 heteroatoms. The predicted octanol–water partition coefficient (Wildman–Crippen LogP) is 9.25. The van der Waals surface area contributed by atoms with Gasteiger partial charge in [0.2, 0.25) is 0 Å². The first-order valence-corrected chi connectivity index (χ1v) is 13.5. The zero-order valence-corrected chi connectivity index (χ0v) is 20.4. The lowest BCUT2D eigenvalue weighted by molar-refractivity contribution is 0.289. The van der Waals surface area contributed by atoms with Crippen LogP contribution < -0.4 is 0 Å². The Morgan fingerprint density at radius 1 is 0.806 bits per heavy atom. The van der Waals surface area contributed by atoms with Crippen LogP contribution in [0, 0.1) is 29.6 Å². The van der Waals surface area contributed by atoms with E-state index in [2.05, 4.69) is 62.1 Å². The first-order chi connectivity index (χ1) is 15.3. The van der Waals surface area contributed by atoms with Crippen LogP contribution in [0.2, 0.25) is 0 Å².